The van der Waals surface area contributed by atoms with Crippen molar-refractivity contribution in [3.63, 3.8) is 0 Å². The fourth-order valence-electron chi connectivity index (χ4n) is 3.27. The summed E-state index contributed by atoms with van der Waals surface area (Å²) in [6.45, 7) is 4.81. The zero-order valence-corrected chi connectivity index (χ0v) is 20.9. The molecule has 2 aromatic rings. The summed E-state index contributed by atoms with van der Waals surface area (Å²) in [4.78, 5) is 27.6. The largest absolute Gasteiger partial charge is 0.495 e. The van der Waals surface area contributed by atoms with Crippen LogP contribution in [0.2, 0.25) is 0 Å². The number of amides is 2. The Morgan fingerprint density at radius 3 is 2.26 bits per heavy atom. The number of sulfonamides is 1. The highest BCUT2D eigenvalue weighted by molar-refractivity contribution is 7.92. The van der Waals surface area contributed by atoms with E-state index in [9.17, 15) is 22.4 Å². The zero-order chi connectivity index (χ0) is 25.5. The van der Waals surface area contributed by atoms with Crippen LogP contribution in [0.15, 0.2) is 48.5 Å². The summed E-state index contributed by atoms with van der Waals surface area (Å²) in [6.07, 6.45) is 1.70. The van der Waals surface area contributed by atoms with E-state index < -0.39 is 34.3 Å². The van der Waals surface area contributed by atoms with Crippen molar-refractivity contribution in [2.75, 3.05) is 24.2 Å². The Hall–Kier alpha value is -3.14. The number of hydrogen-bond donors (Lipinski definition) is 1. The number of carbonyl (C=O) groups excluding carboxylic acids is 2. The third-order valence-electron chi connectivity index (χ3n) is 5.47. The van der Waals surface area contributed by atoms with Crippen LogP contribution in [0.5, 0.6) is 5.75 Å². The third kappa shape index (κ3) is 7.18. The fraction of sp³-hybridized carbons (Fsp3) is 0.417. The number of methoxy groups -OCH3 is 1. The average Bonchev–Trinajstić information content (AvgIpc) is 2.80. The van der Waals surface area contributed by atoms with Crippen molar-refractivity contribution in [2.24, 2.45) is 0 Å². The fourth-order valence-corrected chi connectivity index (χ4v) is 4.12. The number of ether oxygens (including phenoxy) is 1. The number of halogens is 1. The maximum atomic E-state index is 13.5. The van der Waals surface area contributed by atoms with Crippen LogP contribution in [0.4, 0.5) is 10.1 Å². The first-order valence-corrected chi connectivity index (χ1v) is 12.8. The highest BCUT2D eigenvalue weighted by atomic mass is 32.2. The summed E-state index contributed by atoms with van der Waals surface area (Å²) in [5.41, 5.74) is 0.806. The molecule has 0 bridgehead atoms. The molecule has 2 rings (SSSR count). The van der Waals surface area contributed by atoms with Gasteiger partial charge in [0.1, 0.15) is 24.2 Å². The highest BCUT2D eigenvalue weighted by Gasteiger charge is 2.31. The van der Waals surface area contributed by atoms with Gasteiger partial charge in [-0.3, -0.25) is 13.9 Å². The molecular weight excluding hydrogens is 461 g/mol. The second-order valence-electron chi connectivity index (χ2n) is 8.08. The molecule has 2 atom stereocenters. The summed E-state index contributed by atoms with van der Waals surface area (Å²) >= 11 is 0. The Balaban J connectivity index is 2.41. The number of rotatable bonds is 11. The number of nitrogens with zero attached hydrogens (tertiary/aromatic N) is 2. The summed E-state index contributed by atoms with van der Waals surface area (Å²) in [6, 6.07) is 11.0. The van der Waals surface area contributed by atoms with Crippen molar-refractivity contribution in [3.8, 4) is 5.75 Å². The van der Waals surface area contributed by atoms with Crippen LogP contribution >= 0.6 is 0 Å². The van der Waals surface area contributed by atoms with E-state index >= 15 is 0 Å². The molecule has 34 heavy (non-hydrogen) atoms. The Kier molecular flexibility index (Phi) is 9.43. The molecule has 0 aliphatic heterocycles. The van der Waals surface area contributed by atoms with Gasteiger partial charge in [-0.1, -0.05) is 31.2 Å². The van der Waals surface area contributed by atoms with Crippen LogP contribution < -0.4 is 14.4 Å². The van der Waals surface area contributed by atoms with E-state index in [-0.39, 0.29) is 29.9 Å². The molecule has 0 heterocycles. The SMILES string of the molecule is CC[C@H](C)NC(=O)[C@@H](C)N(Cc1ccc(F)cc1)C(=O)CN(c1ccccc1OC)S(C)(=O)=O. The van der Waals surface area contributed by atoms with Crippen LogP contribution in [-0.4, -0.2) is 57.1 Å². The van der Waals surface area contributed by atoms with E-state index in [4.69, 9.17) is 4.74 Å². The smallest absolute Gasteiger partial charge is 0.244 e. The van der Waals surface area contributed by atoms with E-state index in [1.54, 1.807) is 25.1 Å². The second-order valence-corrected chi connectivity index (χ2v) is 9.99. The summed E-state index contributed by atoms with van der Waals surface area (Å²) < 4.78 is 44.9. The molecule has 0 saturated heterocycles. The van der Waals surface area contributed by atoms with E-state index in [1.807, 2.05) is 13.8 Å². The van der Waals surface area contributed by atoms with Crippen LogP contribution in [-0.2, 0) is 26.2 Å². The zero-order valence-electron chi connectivity index (χ0n) is 20.1. The molecule has 2 amide bonds. The molecule has 0 fully saturated rings. The van der Waals surface area contributed by atoms with Gasteiger partial charge in [0.05, 0.1) is 19.1 Å². The lowest BCUT2D eigenvalue weighted by atomic mass is 10.1. The van der Waals surface area contributed by atoms with Gasteiger partial charge < -0.3 is 15.0 Å². The number of carbonyl (C=O) groups is 2. The standard InChI is InChI=1S/C24H32FN3O5S/c1-6-17(2)26-24(30)18(3)27(15-19-11-13-20(25)14-12-19)23(29)16-28(34(5,31)32)21-9-7-8-10-22(21)33-4/h7-14,17-18H,6,15-16H2,1-5H3,(H,26,30)/t17-,18+/m0/s1. The first kappa shape index (κ1) is 27.1. The summed E-state index contributed by atoms with van der Waals surface area (Å²) in [5.74, 6) is -1.10. The predicted molar refractivity (Wildman–Crippen MR) is 129 cm³/mol. The molecule has 186 valence electrons. The molecule has 10 heteroatoms. The molecule has 0 aliphatic carbocycles. The van der Waals surface area contributed by atoms with Gasteiger partial charge in [-0.25, -0.2) is 12.8 Å². The molecule has 2 aromatic carbocycles. The van der Waals surface area contributed by atoms with Crippen LogP contribution in [0, 0.1) is 5.82 Å². The third-order valence-corrected chi connectivity index (χ3v) is 6.59. The Bertz CT molecular complexity index is 1090. The molecule has 8 nitrogen and oxygen atoms in total. The average molecular weight is 494 g/mol. The minimum atomic E-state index is -3.87. The van der Waals surface area contributed by atoms with Crippen molar-refractivity contribution in [2.45, 2.75) is 45.8 Å². The first-order chi connectivity index (χ1) is 16.0. The Labute approximate surface area is 200 Å². The lowest BCUT2D eigenvalue weighted by Crippen LogP contribution is -2.52. The quantitative estimate of drug-likeness (QED) is 0.519. The molecule has 0 aromatic heterocycles. The number of hydrogen-bond acceptors (Lipinski definition) is 5. The molecule has 0 spiro atoms. The summed E-state index contributed by atoms with van der Waals surface area (Å²) in [5, 5.41) is 2.85. The molecule has 0 saturated carbocycles. The summed E-state index contributed by atoms with van der Waals surface area (Å²) in [7, 11) is -2.46. The monoisotopic (exact) mass is 493 g/mol. The number of benzene rings is 2. The molecule has 0 radical (unpaired) electrons. The van der Waals surface area contributed by atoms with Gasteiger partial charge in [0, 0.05) is 12.6 Å². The second kappa shape index (κ2) is 11.8. The van der Waals surface area contributed by atoms with Gasteiger partial charge in [-0.15, -0.1) is 0 Å². The van der Waals surface area contributed by atoms with Crippen molar-refractivity contribution in [3.05, 3.63) is 59.9 Å². The van der Waals surface area contributed by atoms with Gasteiger partial charge in [-0.05, 0) is 50.1 Å². The number of para-hydroxylation sites is 2. The van der Waals surface area contributed by atoms with Gasteiger partial charge in [0.2, 0.25) is 21.8 Å². The van der Waals surface area contributed by atoms with Crippen LogP contribution in [0.1, 0.15) is 32.8 Å². The molecule has 1 N–H and O–H groups in total. The highest BCUT2D eigenvalue weighted by Crippen LogP contribution is 2.29. The minimum Gasteiger partial charge on any atom is -0.495 e. The van der Waals surface area contributed by atoms with Crippen molar-refractivity contribution >= 4 is 27.5 Å². The van der Waals surface area contributed by atoms with Crippen molar-refractivity contribution in [1.82, 2.24) is 10.2 Å². The van der Waals surface area contributed by atoms with E-state index in [0.29, 0.717) is 12.0 Å². The Morgan fingerprint density at radius 2 is 1.71 bits per heavy atom. The molecule has 0 aliphatic rings. The van der Waals surface area contributed by atoms with Gasteiger partial charge in [0.25, 0.3) is 0 Å². The Morgan fingerprint density at radius 1 is 1.09 bits per heavy atom. The van der Waals surface area contributed by atoms with Gasteiger partial charge in [-0.2, -0.15) is 0 Å². The maximum absolute atomic E-state index is 13.5. The van der Waals surface area contributed by atoms with E-state index in [1.165, 1.54) is 42.3 Å². The van der Waals surface area contributed by atoms with Crippen molar-refractivity contribution < 1.29 is 27.1 Å². The normalized spacial score (nSPS) is 13.0. The predicted octanol–water partition coefficient (Wildman–Crippen LogP) is 2.93. The van der Waals surface area contributed by atoms with Crippen LogP contribution in [0.3, 0.4) is 0 Å². The van der Waals surface area contributed by atoms with Crippen molar-refractivity contribution in [1.29, 1.82) is 0 Å². The lowest BCUT2D eigenvalue weighted by molar-refractivity contribution is -0.139. The molecular formula is C24H32FN3O5S. The number of nitrogens with one attached hydrogen (secondary N) is 1. The maximum Gasteiger partial charge on any atom is 0.244 e. The van der Waals surface area contributed by atoms with Gasteiger partial charge >= 0.3 is 0 Å². The van der Waals surface area contributed by atoms with Crippen LogP contribution in [0.25, 0.3) is 0 Å². The van der Waals surface area contributed by atoms with Gasteiger partial charge in [0.15, 0.2) is 0 Å². The topological polar surface area (TPSA) is 96.0 Å². The minimum absolute atomic E-state index is 0.00225. The first-order valence-electron chi connectivity index (χ1n) is 10.9. The van der Waals surface area contributed by atoms with E-state index in [0.717, 1.165) is 10.6 Å². The lowest BCUT2D eigenvalue weighted by Gasteiger charge is -2.32. The number of anilines is 1. The molecule has 0 unspecified atom stereocenters. The van der Waals surface area contributed by atoms with E-state index in [2.05, 4.69) is 5.32 Å².